The second-order valence-corrected chi connectivity index (χ2v) is 4.30. The fourth-order valence-electron chi connectivity index (χ4n) is 1.93. The molecule has 0 radical (unpaired) electrons. The summed E-state index contributed by atoms with van der Waals surface area (Å²) in [6.07, 6.45) is 5.80. The van der Waals surface area contributed by atoms with Gasteiger partial charge in [-0.3, -0.25) is 0 Å². The molecule has 1 rings (SSSR count). The fraction of sp³-hybridized carbons (Fsp3) is 0.909. The molecule has 0 aliphatic carbocycles. The van der Waals surface area contributed by atoms with Gasteiger partial charge in [0.2, 0.25) is 0 Å². The standard InChI is InChI=1S/C11H19NO/c1-9(2)8-11-5-3-4-10(13-11)6-7-12/h9-11H,3-6,8H2,1-2H3. The topological polar surface area (TPSA) is 33.0 Å². The van der Waals surface area contributed by atoms with E-state index in [1.807, 2.05) is 0 Å². The van der Waals surface area contributed by atoms with Crippen molar-refractivity contribution in [2.45, 2.75) is 58.2 Å². The maximum absolute atomic E-state index is 8.56. The zero-order valence-electron chi connectivity index (χ0n) is 8.62. The third-order valence-electron chi connectivity index (χ3n) is 2.49. The first-order valence-electron chi connectivity index (χ1n) is 5.24. The van der Waals surface area contributed by atoms with Gasteiger partial charge in [-0.25, -0.2) is 0 Å². The summed E-state index contributed by atoms with van der Waals surface area (Å²) in [4.78, 5) is 0. The molecule has 74 valence electrons. The number of ether oxygens (including phenoxy) is 1. The van der Waals surface area contributed by atoms with Crippen molar-refractivity contribution in [3.05, 3.63) is 0 Å². The van der Waals surface area contributed by atoms with E-state index in [4.69, 9.17) is 10.00 Å². The van der Waals surface area contributed by atoms with Crippen LogP contribution in [0.4, 0.5) is 0 Å². The average molecular weight is 181 g/mol. The minimum atomic E-state index is 0.211. The van der Waals surface area contributed by atoms with Gasteiger partial charge < -0.3 is 4.74 Å². The molecule has 2 heteroatoms. The molecule has 1 saturated heterocycles. The zero-order valence-corrected chi connectivity index (χ0v) is 8.62. The van der Waals surface area contributed by atoms with Gasteiger partial charge in [0.25, 0.3) is 0 Å². The smallest absolute Gasteiger partial charge is 0.0708 e. The quantitative estimate of drug-likeness (QED) is 0.670. The van der Waals surface area contributed by atoms with Gasteiger partial charge in [0.05, 0.1) is 24.7 Å². The molecule has 0 bridgehead atoms. The largest absolute Gasteiger partial charge is 0.374 e. The van der Waals surface area contributed by atoms with E-state index < -0.39 is 0 Å². The lowest BCUT2D eigenvalue weighted by molar-refractivity contribution is -0.0550. The number of nitriles is 1. The Morgan fingerprint density at radius 3 is 2.69 bits per heavy atom. The van der Waals surface area contributed by atoms with Gasteiger partial charge >= 0.3 is 0 Å². The fourth-order valence-corrected chi connectivity index (χ4v) is 1.93. The van der Waals surface area contributed by atoms with Crippen molar-refractivity contribution in [3.63, 3.8) is 0 Å². The SMILES string of the molecule is CC(C)CC1CCCC(CC#N)O1. The van der Waals surface area contributed by atoms with Crippen molar-refractivity contribution in [2.24, 2.45) is 5.92 Å². The molecule has 0 spiro atoms. The average Bonchev–Trinajstić information content (AvgIpc) is 2.04. The molecule has 0 saturated carbocycles. The van der Waals surface area contributed by atoms with Crippen molar-refractivity contribution < 1.29 is 4.74 Å². The minimum Gasteiger partial charge on any atom is -0.374 e. The molecule has 0 amide bonds. The number of hydrogen-bond donors (Lipinski definition) is 0. The van der Waals surface area contributed by atoms with Crippen LogP contribution < -0.4 is 0 Å². The molecule has 2 nitrogen and oxygen atoms in total. The van der Waals surface area contributed by atoms with E-state index in [9.17, 15) is 0 Å². The molecule has 0 aromatic rings. The second kappa shape index (κ2) is 5.24. The Hall–Kier alpha value is -0.550. The van der Waals surface area contributed by atoms with Gasteiger partial charge in [0, 0.05) is 0 Å². The summed E-state index contributed by atoms with van der Waals surface area (Å²) in [5, 5.41) is 8.56. The Morgan fingerprint density at radius 1 is 1.38 bits per heavy atom. The summed E-state index contributed by atoms with van der Waals surface area (Å²) >= 11 is 0. The summed E-state index contributed by atoms with van der Waals surface area (Å²) in [7, 11) is 0. The molecule has 1 heterocycles. The Bertz CT molecular complexity index is 183. The highest BCUT2D eigenvalue weighted by Crippen LogP contribution is 2.24. The molecule has 1 fully saturated rings. The summed E-state index contributed by atoms with van der Waals surface area (Å²) in [6.45, 7) is 4.44. The Balaban J connectivity index is 2.29. The maximum Gasteiger partial charge on any atom is 0.0708 e. The first-order chi connectivity index (χ1) is 6.22. The van der Waals surface area contributed by atoms with E-state index in [2.05, 4.69) is 19.9 Å². The Kier molecular flexibility index (Phi) is 4.24. The molecule has 0 aromatic carbocycles. The summed E-state index contributed by atoms with van der Waals surface area (Å²) < 4.78 is 5.82. The maximum atomic E-state index is 8.56. The molecular formula is C11H19NO. The van der Waals surface area contributed by atoms with Crippen LogP contribution in [0.3, 0.4) is 0 Å². The highest BCUT2D eigenvalue weighted by atomic mass is 16.5. The normalized spacial score (nSPS) is 28.8. The van der Waals surface area contributed by atoms with E-state index in [0.717, 1.165) is 12.8 Å². The summed E-state index contributed by atoms with van der Waals surface area (Å²) in [6, 6.07) is 2.19. The van der Waals surface area contributed by atoms with Gasteiger partial charge in [-0.2, -0.15) is 5.26 Å². The lowest BCUT2D eigenvalue weighted by Crippen LogP contribution is -2.28. The lowest BCUT2D eigenvalue weighted by atomic mass is 9.96. The van der Waals surface area contributed by atoms with Crippen LogP contribution in [0.15, 0.2) is 0 Å². The highest BCUT2D eigenvalue weighted by molar-refractivity contribution is 4.80. The van der Waals surface area contributed by atoms with Gasteiger partial charge in [-0.1, -0.05) is 13.8 Å². The third-order valence-corrected chi connectivity index (χ3v) is 2.49. The van der Waals surface area contributed by atoms with Crippen LogP contribution in [0.25, 0.3) is 0 Å². The predicted octanol–water partition coefficient (Wildman–Crippen LogP) is 2.88. The van der Waals surface area contributed by atoms with Crippen molar-refractivity contribution >= 4 is 0 Å². The molecule has 1 aliphatic heterocycles. The van der Waals surface area contributed by atoms with Gasteiger partial charge in [-0.05, 0) is 31.6 Å². The second-order valence-electron chi connectivity index (χ2n) is 4.30. The predicted molar refractivity (Wildman–Crippen MR) is 52.2 cm³/mol. The van der Waals surface area contributed by atoms with Crippen LogP contribution in [0, 0.1) is 17.2 Å². The van der Waals surface area contributed by atoms with Crippen molar-refractivity contribution in [3.8, 4) is 6.07 Å². The Morgan fingerprint density at radius 2 is 2.08 bits per heavy atom. The first kappa shape index (κ1) is 10.5. The molecule has 13 heavy (non-hydrogen) atoms. The van der Waals surface area contributed by atoms with Crippen LogP contribution >= 0.6 is 0 Å². The van der Waals surface area contributed by atoms with E-state index in [0.29, 0.717) is 18.4 Å². The first-order valence-corrected chi connectivity index (χ1v) is 5.24. The van der Waals surface area contributed by atoms with E-state index in [1.165, 1.54) is 12.8 Å². The van der Waals surface area contributed by atoms with Gasteiger partial charge in [0.1, 0.15) is 0 Å². The number of nitrogens with zero attached hydrogens (tertiary/aromatic N) is 1. The lowest BCUT2D eigenvalue weighted by Gasteiger charge is -2.29. The summed E-state index contributed by atoms with van der Waals surface area (Å²) in [5.74, 6) is 0.700. The zero-order chi connectivity index (χ0) is 9.68. The molecular weight excluding hydrogens is 162 g/mol. The van der Waals surface area contributed by atoms with E-state index in [-0.39, 0.29) is 6.10 Å². The van der Waals surface area contributed by atoms with Crippen LogP contribution in [0.1, 0.15) is 46.0 Å². The molecule has 0 aromatic heterocycles. The molecule has 2 atom stereocenters. The monoisotopic (exact) mass is 181 g/mol. The Labute approximate surface area is 80.9 Å². The van der Waals surface area contributed by atoms with E-state index in [1.54, 1.807) is 0 Å². The summed E-state index contributed by atoms with van der Waals surface area (Å²) in [5.41, 5.74) is 0. The van der Waals surface area contributed by atoms with Crippen molar-refractivity contribution in [1.29, 1.82) is 5.26 Å². The van der Waals surface area contributed by atoms with Crippen LogP contribution in [-0.2, 0) is 4.74 Å². The minimum absolute atomic E-state index is 0.211. The van der Waals surface area contributed by atoms with Gasteiger partial charge in [0.15, 0.2) is 0 Å². The third kappa shape index (κ3) is 3.78. The van der Waals surface area contributed by atoms with Crippen LogP contribution in [-0.4, -0.2) is 12.2 Å². The number of rotatable bonds is 3. The van der Waals surface area contributed by atoms with Crippen LogP contribution in [0.2, 0.25) is 0 Å². The van der Waals surface area contributed by atoms with Gasteiger partial charge in [-0.15, -0.1) is 0 Å². The van der Waals surface area contributed by atoms with E-state index >= 15 is 0 Å². The molecule has 1 aliphatic rings. The van der Waals surface area contributed by atoms with Crippen molar-refractivity contribution in [2.75, 3.05) is 0 Å². The van der Waals surface area contributed by atoms with Crippen LogP contribution in [0.5, 0.6) is 0 Å². The molecule has 2 unspecified atom stereocenters. The van der Waals surface area contributed by atoms with Crippen molar-refractivity contribution in [1.82, 2.24) is 0 Å². The number of hydrogen-bond acceptors (Lipinski definition) is 2. The highest BCUT2D eigenvalue weighted by Gasteiger charge is 2.22. The molecule has 0 N–H and O–H groups in total.